The molecule has 4 aromatic rings. The van der Waals surface area contributed by atoms with Gasteiger partial charge >= 0.3 is 5.69 Å². The molecule has 3 heterocycles. The molecule has 0 radical (unpaired) electrons. The van der Waals surface area contributed by atoms with Crippen molar-refractivity contribution in [2.45, 2.75) is 25.3 Å². The molecule has 196 valence electrons. The maximum atomic E-state index is 13.9. The standard InChI is InChI=1S/C26H24ClN5O5S/c1-14(33)28-24-29-21(13-38-24)15-5-7-16(8-6-15)32-22-20(12-26(32,2)27)30-25(35)31(23(22)34)17-9-18(36-3)11-19(10-17)37-4/h5-11,13H,12H2,1-4H3,(H,30,35)(H,28,29,33). The van der Waals surface area contributed by atoms with Crippen LogP contribution in [0.4, 0.5) is 16.5 Å². The predicted molar refractivity (Wildman–Crippen MR) is 148 cm³/mol. The highest BCUT2D eigenvalue weighted by molar-refractivity contribution is 7.14. The van der Waals surface area contributed by atoms with Crippen LogP contribution >= 0.6 is 22.9 Å². The first-order chi connectivity index (χ1) is 18.1. The number of hydrogen-bond donors (Lipinski definition) is 2. The summed E-state index contributed by atoms with van der Waals surface area (Å²) in [6.07, 6.45) is 0.255. The van der Waals surface area contributed by atoms with Crippen LogP contribution in [0.5, 0.6) is 11.5 Å². The van der Waals surface area contributed by atoms with Crippen LogP contribution in [0.2, 0.25) is 0 Å². The molecule has 1 unspecified atom stereocenters. The highest BCUT2D eigenvalue weighted by atomic mass is 35.5. The number of benzene rings is 2. The Morgan fingerprint density at radius 3 is 2.37 bits per heavy atom. The number of alkyl halides is 1. The van der Waals surface area contributed by atoms with E-state index in [9.17, 15) is 14.4 Å². The fourth-order valence-electron chi connectivity index (χ4n) is 4.51. The number of H-pyrrole nitrogens is 1. The van der Waals surface area contributed by atoms with Crippen LogP contribution in [0.25, 0.3) is 16.9 Å². The Hall–Kier alpha value is -4.09. The van der Waals surface area contributed by atoms with E-state index in [1.807, 2.05) is 29.6 Å². The molecule has 0 bridgehead atoms. The summed E-state index contributed by atoms with van der Waals surface area (Å²) in [6, 6.07) is 12.2. The first-order valence-electron chi connectivity index (χ1n) is 11.6. The number of carbonyl (C=O) groups excluding carboxylic acids is 1. The van der Waals surface area contributed by atoms with Crippen molar-refractivity contribution in [1.82, 2.24) is 14.5 Å². The van der Waals surface area contributed by atoms with Crippen molar-refractivity contribution in [2.75, 3.05) is 24.4 Å². The quantitative estimate of drug-likeness (QED) is 0.270. The van der Waals surface area contributed by atoms with Crippen LogP contribution < -0.4 is 30.9 Å². The number of aromatic nitrogens is 3. The Bertz CT molecular complexity index is 1640. The van der Waals surface area contributed by atoms with Gasteiger partial charge in [-0.05, 0) is 19.1 Å². The van der Waals surface area contributed by atoms with E-state index in [0.29, 0.717) is 39.4 Å². The van der Waals surface area contributed by atoms with E-state index in [-0.39, 0.29) is 18.0 Å². The van der Waals surface area contributed by atoms with Crippen LogP contribution in [0.1, 0.15) is 19.5 Å². The van der Waals surface area contributed by atoms with Crippen molar-refractivity contribution in [3.05, 3.63) is 74.4 Å². The van der Waals surface area contributed by atoms with E-state index in [1.54, 1.807) is 30.0 Å². The largest absolute Gasteiger partial charge is 0.497 e. The van der Waals surface area contributed by atoms with Gasteiger partial charge in [0.15, 0.2) is 5.13 Å². The minimum atomic E-state index is -1.00. The lowest BCUT2D eigenvalue weighted by Crippen LogP contribution is -2.40. The number of ether oxygens (including phenoxy) is 2. The number of fused-ring (bicyclic) bond motifs is 1. The van der Waals surface area contributed by atoms with Crippen molar-refractivity contribution >= 4 is 45.4 Å². The summed E-state index contributed by atoms with van der Waals surface area (Å²) in [7, 11) is 2.98. The van der Waals surface area contributed by atoms with Gasteiger partial charge in [0.1, 0.15) is 22.2 Å². The fraction of sp³-hybridized carbons (Fsp3) is 0.231. The van der Waals surface area contributed by atoms with E-state index in [2.05, 4.69) is 15.3 Å². The summed E-state index contributed by atoms with van der Waals surface area (Å²) < 4.78 is 11.7. The lowest BCUT2D eigenvalue weighted by Gasteiger charge is -2.31. The minimum Gasteiger partial charge on any atom is -0.497 e. The topological polar surface area (TPSA) is 119 Å². The zero-order chi connectivity index (χ0) is 27.2. The van der Waals surface area contributed by atoms with Crippen molar-refractivity contribution in [2.24, 2.45) is 0 Å². The van der Waals surface area contributed by atoms with Gasteiger partial charge in [0.25, 0.3) is 5.56 Å². The molecule has 0 aliphatic carbocycles. The molecule has 2 N–H and O–H groups in total. The van der Waals surface area contributed by atoms with Gasteiger partial charge in [-0.3, -0.25) is 9.59 Å². The molecule has 10 nitrogen and oxygen atoms in total. The lowest BCUT2D eigenvalue weighted by molar-refractivity contribution is -0.114. The predicted octanol–water partition coefficient (Wildman–Crippen LogP) is 4.27. The van der Waals surface area contributed by atoms with E-state index < -0.39 is 16.2 Å². The van der Waals surface area contributed by atoms with E-state index in [4.69, 9.17) is 21.1 Å². The highest BCUT2D eigenvalue weighted by Crippen LogP contribution is 2.44. The minimum absolute atomic E-state index is 0.188. The molecule has 2 aromatic carbocycles. The third-order valence-electron chi connectivity index (χ3n) is 6.14. The number of nitrogens with one attached hydrogen (secondary N) is 2. The van der Waals surface area contributed by atoms with Gasteiger partial charge in [-0.1, -0.05) is 23.7 Å². The fourth-order valence-corrected chi connectivity index (χ4v) is 5.60. The molecular formula is C26H24ClN5O5S. The molecule has 12 heteroatoms. The average Bonchev–Trinajstić information content (AvgIpc) is 3.44. The third kappa shape index (κ3) is 4.54. The Morgan fingerprint density at radius 2 is 1.76 bits per heavy atom. The van der Waals surface area contributed by atoms with Crippen LogP contribution in [-0.2, 0) is 11.2 Å². The SMILES string of the molecule is COc1cc(OC)cc(-n2c(=O)[nH]c3c(c2=O)N(c2ccc(-c4csc(NC(C)=O)n4)cc2)C(C)(Cl)C3)c1. The van der Waals surface area contributed by atoms with Gasteiger partial charge in [-0.2, -0.15) is 0 Å². The van der Waals surface area contributed by atoms with E-state index in [0.717, 1.165) is 10.1 Å². The molecule has 1 aliphatic rings. The van der Waals surface area contributed by atoms with Crippen LogP contribution in [0, 0.1) is 0 Å². The van der Waals surface area contributed by atoms with Crippen LogP contribution in [0.3, 0.4) is 0 Å². The van der Waals surface area contributed by atoms with Gasteiger partial charge in [-0.15, -0.1) is 11.3 Å². The second-order valence-corrected chi connectivity index (χ2v) is 10.6. The number of halogens is 1. The monoisotopic (exact) mass is 553 g/mol. The summed E-state index contributed by atoms with van der Waals surface area (Å²) >= 11 is 8.26. The molecular weight excluding hydrogens is 530 g/mol. The summed E-state index contributed by atoms with van der Waals surface area (Å²) in [5.74, 6) is 0.681. The maximum absolute atomic E-state index is 13.9. The first-order valence-corrected chi connectivity index (χ1v) is 12.8. The Kier molecular flexibility index (Phi) is 6.49. The zero-order valence-electron chi connectivity index (χ0n) is 21.0. The van der Waals surface area contributed by atoms with Crippen molar-refractivity contribution in [1.29, 1.82) is 0 Å². The number of nitrogens with zero attached hydrogens (tertiary/aromatic N) is 3. The molecule has 1 atom stereocenters. The number of rotatable bonds is 6. The second-order valence-electron chi connectivity index (χ2n) is 8.89. The number of methoxy groups -OCH3 is 2. The number of carbonyl (C=O) groups is 1. The molecule has 0 saturated heterocycles. The summed E-state index contributed by atoms with van der Waals surface area (Å²) in [6.45, 7) is 3.22. The zero-order valence-corrected chi connectivity index (χ0v) is 22.6. The van der Waals surface area contributed by atoms with Gasteiger partial charge in [-0.25, -0.2) is 14.3 Å². The maximum Gasteiger partial charge on any atom is 0.333 e. The molecule has 0 spiro atoms. The smallest absolute Gasteiger partial charge is 0.333 e. The molecule has 38 heavy (non-hydrogen) atoms. The summed E-state index contributed by atoms with van der Waals surface area (Å²) in [4.78, 5) is 46.2. The van der Waals surface area contributed by atoms with Gasteiger partial charge in [0, 0.05) is 48.2 Å². The lowest BCUT2D eigenvalue weighted by atomic mass is 10.1. The molecule has 0 saturated carbocycles. The Balaban J connectivity index is 1.58. The first kappa shape index (κ1) is 25.6. The number of aromatic amines is 1. The van der Waals surface area contributed by atoms with Crippen molar-refractivity contribution in [3.63, 3.8) is 0 Å². The van der Waals surface area contributed by atoms with Gasteiger partial charge in [0.2, 0.25) is 5.91 Å². The molecule has 2 aromatic heterocycles. The van der Waals surface area contributed by atoms with E-state index >= 15 is 0 Å². The average molecular weight is 554 g/mol. The number of amides is 1. The highest BCUT2D eigenvalue weighted by Gasteiger charge is 2.42. The van der Waals surface area contributed by atoms with Crippen molar-refractivity contribution < 1.29 is 14.3 Å². The molecule has 0 fully saturated rings. The second kappa shape index (κ2) is 9.66. The van der Waals surface area contributed by atoms with Crippen LogP contribution in [-0.4, -0.2) is 39.7 Å². The summed E-state index contributed by atoms with van der Waals surface area (Å²) in [5, 5.41) is 5.04. The normalized spacial score (nSPS) is 16.3. The van der Waals surface area contributed by atoms with E-state index in [1.165, 1.54) is 32.5 Å². The molecule has 5 rings (SSSR count). The third-order valence-corrected chi connectivity index (χ3v) is 7.20. The number of thiazole rings is 1. The van der Waals surface area contributed by atoms with Crippen molar-refractivity contribution in [3.8, 4) is 28.4 Å². The number of hydrogen-bond acceptors (Lipinski definition) is 8. The Labute approximate surface area is 226 Å². The molecule has 1 aliphatic heterocycles. The van der Waals surface area contributed by atoms with Gasteiger partial charge < -0.3 is 24.7 Å². The summed E-state index contributed by atoms with van der Waals surface area (Å²) in [5.41, 5.74) is 2.12. The Morgan fingerprint density at radius 1 is 1.11 bits per heavy atom. The van der Waals surface area contributed by atoms with Gasteiger partial charge in [0.05, 0.1) is 31.3 Å². The molecule has 1 amide bonds. The number of anilines is 3. The van der Waals surface area contributed by atoms with Crippen LogP contribution in [0.15, 0.2) is 57.4 Å².